The molecule has 0 aromatic carbocycles. The molecule has 24 heavy (non-hydrogen) atoms. The highest BCUT2D eigenvalue weighted by atomic mass is 16.5. The van der Waals surface area contributed by atoms with Gasteiger partial charge in [-0.3, -0.25) is 14.7 Å². The van der Waals surface area contributed by atoms with E-state index in [2.05, 4.69) is 9.97 Å². The van der Waals surface area contributed by atoms with Crippen LogP contribution >= 0.6 is 0 Å². The van der Waals surface area contributed by atoms with Gasteiger partial charge in [-0.05, 0) is 19.9 Å². The van der Waals surface area contributed by atoms with Gasteiger partial charge in [-0.2, -0.15) is 0 Å². The van der Waals surface area contributed by atoms with Crippen LogP contribution in [0.2, 0.25) is 0 Å². The molecule has 134 valence electrons. The van der Waals surface area contributed by atoms with Crippen molar-refractivity contribution in [2.75, 3.05) is 53.2 Å². The number of anilines is 1. The maximum Gasteiger partial charge on any atom is 0.236 e. The number of likely N-dealkylation sites (N-methyl/N-ethyl adjacent to an activating group) is 2. The predicted molar refractivity (Wildman–Crippen MR) is 94.1 cm³/mol. The van der Waals surface area contributed by atoms with Crippen molar-refractivity contribution in [1.29, 1.82) is 0 Å². The first-order chi connectivity index (χ1) is 11.3. The SMILES string of the molecule is CN(CC(=O)N(C)C)C[C@H]1CC[C@@H](Cc2cncc(N(C)C)n2)O1. The number of carbonyl (C=O) groups excluding carboxylic acids is 1. The van der Waals surface area contributed by atoms with Crippen LogP contribution in [-0.2, 0) is 16.0 Å². The van der Waals surface area contributed by atoms with E-state index in [4.69, 9.17) is 4.74 Å². The maximum atomic E-state index is 11.7. The van der Waals surface area contributed by atoms with Crippen LogP contribution in [0.4, 0.5) is 5.82 Å². The van der Waals surface area contributed by atoms with Crippen molar-refractivity contribution in [1.82, 2.24) is 19.8 Å². The van der Waals surface area contributed by atoms with Crippen molar-refractivity contribution in [2.45, 2.75) is 31.5 Å². The molecular weight excluding hydrogens is 306 g/mol. The van der Waals surface area contributed by atoms with Gasteiger partial charge in [0, 0.05) is 47.4 Å². The van der Waals surface area contributed by atoms with E-state index >= 15 is 0 Å². The molecule has 2 heterocycles. The number of nitrogens with zero attached hydrogens (tertiary/aromatic N) is 5. The molecule has 0 N–H and O–H groups in total. The molecule has 1 saturated heterocycles. The molecule has 1 aliphatic heterocycles. The Hall–Kier alpha value is -1.73. The van der Waals surface area contributed by atoms with Crippen LogP contribution in [-0.4, -0.2) is 86.2 Å². The molecule has 7 nitrogen and oxygen atoms in total. The molecule has 0 aliphatic carbocycles. The molecule has 0 bridgehead atoms. The maximum absolute atomic E-state index is 11.7. The van der Waals surface area contributed by atoms with Crippen LogP contribution in [0, 0.1) is 0 Å². The van der Waals surface area contributed by atoms with Crippen molar-refractivity contribution < 1.29 is 9.53 Å². The minimum absolute atomic E-state index is 0.114. The van der Waals surface area contributed by atoms with E-state index in [0.717, 1.165) is 37.3 Å². The molecule has 1 amide bonds. The normalized spacial score (nSPS) is 20.4. The van der Waals surface area contributed by atoms with Crippen LogP contribution in [0.15, 0.2) is 12.4 Å². The summed E-state index contributed by atoms with van der Waals surface area (Å²) < 4.78 is 6.13. The van der Waals surface area contributed by atoms with Crippen molar-refractivity contribution in [2.24, 2.45) is 0 Å². The third kappa shape index (κ3) is 5.42. The molecule has 7 heteroatoms. The Morgan fingerprint density at radius 2 is 1.88 bits per heavy atom. The summed E-state index contributed by atoms with van der Waals surface area (Å²) in [6.45, 7) is 1.20. The average Bonchev–Trinajstić information content (AvgIpc) is 2.94. The Morgan fingerprint density at radius 3 is 2.54 bits per heavy atom. The van der Waals surface area contributed by atoms with Crippen molar-refractivity contribution in [3.63, 3.8) is 0 Å². The van der Waals surface area contributed by atoms with Gasteiger partial charge < -0.3 is 14.5 Å². The lowest BCUT2D eigenvalue weighted by Crippen LogP contribution is -2.38. The first kappa shape index (κ1) is 18.6. The third-order valence-electron chi connectivity index (χ3n) is 4.18. The summed E-state index contributed by atoms with van der Waals surface area (Å²) in [5.74, 6) is 0.979. The minimum Gasteiger partial charge on any atom is -0.373 e. The summed E-state index contributed by atoms with van der Waals surface area (Å²) in [6, 6.07) is 0. The zero-order valence-corrected chi connectivity index (χ0v) is 15.4. The highest BCUT2D eigenvalue weighted by molar-refractivity contribution is 5.77. The first-order valence-corrected chi connectivity index (χ1v) is 8.37. The summed E-state index contributed by atoms with van der Waals surface area (Å²) >= 11 is 0. The number of carbonyl (C=O) groups is 1. The molecule has 2 atom stereocenters. The number of aromatic nitrogens is 2. The summed E-state index contributed by atoms with van der Waals surface area (Å²) in [7, 11) is 9.44. The van der Waals surface area contributed by atoms with E-state index in [-0.39, 0.29) is 18.1 Å². The van der Waals surface area contributed by atoms with Gasteiger partial charge in [0.05, 0.1) is 30.6 Å². The number of hydrogen-bond donors (Lipinski definition) is 0. The quantitative estimate of drug-likeness (QED) is 0.729. The Bertz CT molecular complexity index is 550. The lowest BCUT2D eigenvalue weighted by molar-refractivity contribution is -0.129. The van der Waals surface area contributed by atoms with E-state index in [9.17, 15) is 4.79 Å². The minimum atomic E-state index is 0.114. The molecule has 0 unspecified atom stereocenters. The molecule has 0 saturated carbocycles. The second-order valence-electron chi connectivity index (χ2n) is 6.91. The van der Waals surface area contributed by atoms with Gasteiger partial charge in [-0.25, -0.2) is 4.98 Å². The molecule has 0 spiro atoms. The van der Waals surface area contributed by atoms with E-state index < -0.39 is 0 Å². The summed E-state index contributed by atoms with van der Waals surface area (Å²) in [6.07, 6.45) is 6.76. The zero-order valence-electron chi connectivity index (χ0n) is 15.4. The first-order valence-electron chi connectivity index (χ1n) is 8.37. The third-order valence-corrected chi connectivity index (χ3v) is 4.18. The molecule has 0 radical (unpaired) electrons. The summed E-state index contributed by atoms with van der Waals surface area (Å²) in [4.78, 5) is 26.2. The Kier molecular flexibility index (Phi) is 6.51. The second-order valence-corrected chi connectivity index (χ2v) is 6.91. The topological polar surface area (TPSA) is 61.8 Å². The Labute approximate surface area is 144 Å². The smallest absolute Gasteiger partial charge is 0.236 e. The fourth-order valence-corrected chi connectivity index (χ4v) is 2.79. The Balaban J connectivity index is 1.80. The number of rotatable bonds is 7. The van der Waals surface area contributed by atoms with Gasteiger partial charge in [-0.15, -0.1) is 0 Å². The lowest BCUT2D eigenvalue weighted by atomic mass is 10.1. The zero-order chi connectivity index (χ0) is 17.7. The Morgan fingerprint density at radius 1 is 1.17 bits per heavy atom. The monoisotopic (exact) mass is 335 g/mol. The van der Waals surface area contributed by atoms with Gasteiger partial charge >= 0.3 is 0 Å². The van der Waals surface area contributed by atoms with Gasteiger partial charge in [0.15, 0.2) is 0 Å². The highest BCUT2D eigenvalue weighted by Gasteiger charge is 2.27. The largest absolute Gasteiger partial charge is 0.373 e. The molecule has 2 rings (SSSR count). The van der Waals surface area contributed by atoms with Gasteiger partial charge in [-0.1, -0.05) is 0 Å². The van der Waals surface area contributed by atoms with E-state index in [1.165, 1.54) is 0 Å². The lowest BCUT2D eigenvalue weighted by Gasteiger charge is -2.22. The van der Waals surface area contributed by atoms with Crippen LogP contribution in [0.1, 0.15) is 18.5 Å². The van der Waals surface area contributed by atoms with E-state index in [1.54, 1.807) is 25.2 Å². The van der Waals surface area contributed by atoms with Crippen LogP contribution in [0.3, 0.4) is 0 Å². The second kappa shape index (κ2) is 8.39. The number of hydrogen-bond acceptors (Lipinski definition) is 6. The summed E-state index contributed by atoms with van der Waals surface area (Å²) in [5.41, 5.74) is 0.961. The number of amides is 1. The van der Waals surface area contributed by atoms with Crippen molar-refractivity contribution >= 4 is 11.7 Å². The van der Waals surface area contributed by atoms with Crippen molar-refractivity contribution in [3.8, 4) is 0 Å². The predicted octanol–water partition coefficient (Wildman–Crippen LogP) is 0.653. The fourth-order valence-electron chi connectivity index (χ4n) is 2.79. The van der Waals surface area contributed by atoms with Gasteiger partial charge in [0.1, 0.15) is 5.82 Å². The molecule has 1 fully saturated rings. The number of ether oxygens (including phenoxy) is 1. The molecular formula is C17H29N5O2. The van der Waals surface area contributed by atoms with Crippen LogP contribution < -0.4 is 4.90 Å². The van der Waals surface area contributed by atoms with Crippen LogP contribution in [0.5, 0.6) is 0 Å². The average molecular weight is 335 g/mol. The van der Waals surface area contributed by atoms with Gasteiger partial charge in [0.2, 0.25) is 5.91 Å². The van der Waals surface area contributed by atoms with E-state index in [1.807, 2.05) is 37.1 Å². The fraction of sp³-hybridized carbons (Fsp3) is 0.706. The van der Waals surface area contributed by atoms with Gasteiger partial charge in [0.25, 0.3) is 0 Å². The highest BCUT2D eigenvalue weighted by Crippen LogP contribution is 2.23. The van der Waals surface area contributed by atoms with E-state index in [0.29, 0.717) is 6.54 Å². The molecule has 1 aromatic rings. The molecule has 1 aliphatic rings. The molecule has 1 aromatic heterocycles. The van der Waals surface area contributed by atoms with Crippen LogP contribution in [0.25, 0.3) is 0 Å². The van der Waals surface area contributed by atoms with Crippen molar-refractivity contribution in [3.05, 3.63) is 18.1 Å². The summed E-state index contributed by atoms with van der Waals surface area (Å²) in [5, 5.41) is 0. The standard InChI is InChI=1S/C17H29N5O2/c1-20(2)16-10-18-9-13(19-16)8-14-6-7-15(24-14)11-22(5)12-17(23)21(3)4/h9-10,14-15H,6-8,11-12H2,1-5H3/t14-,15+/m0/s1.